The fourth-order valence-electron chi connectivity index (χ4n) is 17.7. The minimum absolute atomic E-state index is 0.0208. The summed E-state index contributed by atoms with van der Waals surface area (Å²) in [5.74, 6) is -0.820. The first-order chi connectivity index (χ1) is 49.9. The van der Waals surface area contributed by atoms with E-state index < -0.39 is 0 Å². The number of fused-ring (bicyclic) bond motifs is 21. The van der Waals surface area contributed by atoms with Crippen LogP contribution in [0, 0.1) is 82.9 Å². The van der Waals surface area contributed by atoms with Crippen LogP contribution in [0.15, 0.2) is 97.2 Å². The Morgan fingerprint density at radius 1 is 0.324 bits per heavy atom. The van der Waals surface area contributed by atoms with Crippen LogP contribution in [-0.2, 0) is 86.2 Å². The Morgan fingerprint density at radius 2 is 0.686 bits per heavy atom. The number of ether oxygens (including phenoxy) is 2. The molecule has 18 amide bonds. The van der Waals surface area contributed by atoms with Crippen molar-refractivity contribution in [3.63, 3.8) is 0 Å². The molecule has 105 heavy (non-hydrogen) atoms. The molecule has 29 heteroatoms. The largest absolute Gasteiger partial charge is 0.373 e. The predicted molar refractivity (Wildman–Crippen MR) is 365 cm³/mol. The van der Waals surface area contributed by atoms with Crippen molar-refractivity contribution in [3.05, 3.63) is 108 Å². The Hall–Kier alpha value is -10.4. The molecule has 2 aromatic rings. The molecular formula is C76H83N9O20. The molecule has 29 nitrogen and oxygen atoms in total. The number of allylic oxidation sites excluding steroid dienone is 4. The van der Waals surface area contributed by atoms with E-state index in [2.05, 4.69) is 12.2 Å². The van der Waals surface area contributed by atoms with Crippen LogP contribution < -0.4 is 0 Å². The SMILES string of the molecule is CN1C(=O)C2C3C=CC(C3)C2C1=O.CN1C(=O)C2C3C=CC(O3)C2C1=O.CN1C(=O)C2C3CCC(C3)C2C1=O.CN1C(=O)C2C3CCC(O3)C2C1=O.CN1C(=O)C2C=CC=CC2C1=O.CN1C(=O)C=CC1=O.CN1C(=O)CCC1=O.CN1C(=O)CCCC1=O.CN1C(=O)c2cccc3cccc(c23)C1=O. The zero-order valence-electron chi connectivity index (χ0n) is 59.6. The molecule has 8 bridgehead atoms. The van der Waals surface area contributed by atoms with Gasteiger partial charge in [0.1, 0.15) is 0 Å². The normalized spacial score (nSPS) is 34.0. The van der Waals surface area contributed by atoms with E-state index in [0.29, 0.717) is 60.5 Å². The number of carbonyl (C=O) groups excluding carboxylic acids is 18. The van der Waals surface area contributed by atoms with E-state index in [4.69, 9.17) is 9.47 Å². The summed E-state index contributed by atoms with van der Waals surface area (Å²) in [6.07, 6.45) is 26.4. The molecule has 13 fully saturated rings. The molecule has 0 aromatic heterocycles. The van der Waals surface area contributed by atoms with Gasteiger partial charge in [-0.3, -0.25) is 130 Å². The van der Waals surface area contributed by atoms with Gasteiger partial charge in [0, 0.05) is 118 Å². The number of imide groups is 9. The summed E-state index contributed by atoms with van der Waals surface area (Å²) in [4.78, 5) is 214. The average molecular weight is 1440 g/mol. The lowest BCUT2D eigenvalue weighted by Gasteiger charge is -2.23. The Labute approximate surface area is 604 Å². The second-order valence-electron chi connectivity index (χ2n) is 29.2. The van der Waals surface area contributed by atoms with Crippen molar-refractivity contribution in [1.29, 1.82) is 0 Å². The second kappa shape index (κ2) is 29.3. The van der Waals surface area contributed by atoms with Crippen LogP contribution in [0.3, 0.4) is 0 Å². The number of amides is 18. The van der Waals surface area contributed by atoms with E-state index in [-0.39, 0.29) is 190 Å². The summed E-state index contributed by atoms with van der Waals surface area (Å²) in [7, 11) is 13.9. The number of likely N-dealkylation sites (tertiary alicyclic amines) is 7. The van der Waals surface area contributed by atoms with Crippen molar-refractivity contribution in [1.82, 2.24) is 44.1 Å². The van der Waals surface area contributed by atoms with Gasteiger partial charge in [0.25, 0.3) is 23.6 Å². The fraction of sp³-hybridized carbons (Fsp3) is 0.500. The summed E-state index contributed by atoms with van der Waals surface area (Å²) in [5.41, 5.74) is 1.21. The molecule has 552 valence electrons. The van der Waals surface area contributed by atoms with Gasteiger partial charge in [-0.2, -0.15) is 0 Å². The van der Waals surface area contributed by atoms with Crippen LogP contribution in [0.1, 0.15) is 91.3 Å². The average Bonchev–Trinajstić information content (AvgIpc) is 1.61. The molecule has 0 spiro atoms. The fourth-order valence-corrected chi connectivity index (χ4v) is 17.7. The maximum Gasteiger partial charge on any atom is 0.261 e. The predicted octanol–water partition coefficient (Wildman–Crippen LogP) is 2.27. The van der Waals surface area contributed by atoms with Crippen LogP contribution in [0.2, 0.25) is 0 Å². The maximum absolute atomic E-state index is 11.9. The van der Waals surface area contributed by atoms with Crippen LogP contribution in [0.5, 0.6) is 0 Å². The summed E-state index contributed by atoms with van der Waals surface area (Å²) in [6, 6.07) is 11.0. The van der Waals surface area contributed by atoms with Crippen molar-refractivity contribution < 1.29 is 95.8 Å². The number of rotatable bonds is 0. The molecule has 10 saturated heterocycles. The molecule has 18 aliphatic rings. The summed E-state index contributed by atoms with van der Waals surface area (Å²) < 4.78 is 11.0. The van der Waals surface area contributed by atoms with Crippen LogP contribution in [0.25, 0.3) is 10.8 Å². The number of piperidine rings is 1. The van der Waals surface area contributed by atoms with Crippen molar-refractivity contribution >= 4 is 117 Å². The topological polar surface area (TPSA) is 355 Å². The Bertz CT molecular complexity index is 3950. The van der Waals surface area contributed by atoms with Gasteiger partial charge in [-0.15, -0.1) is 0 Å². The Kier molecular flexibility index (Phi) is 20.7. The number of carbonyl (C=O) groups is 18. The van der Waals surface area contributed by atoms with E-state index in [1.807, 2.05) is 48.6 Å². The van der Waals surface area contributed by atoms with Gasteiger partial charge in [0.15, 0.2) is 0 Å². The molecule has 0 radical (unpaired) electrons. The smallest absolute Gasteiger partial charge is 0.261 e. The molecule has 18 atom stereocenters. The van der Waals surface area contributed by atoms with E-state index >= 15 is 0 Å². The lowest BCUT2D eigenvalue weighted by molar-refractivity contribution is -0.147. The second-order valence-corrected chi connectivity index (χ2v) is 29.2. The minimum Gasteiger partial charge on any atom is -0.373 e. The third-order valence-electron chi connectivity index (χ3n) is 23.7. The Morgan fingerprint density at radius 3 is 1.06 bits per heavy atom. The van der Waals surface area contributed by atoms with Gasteiger partial charge in [-0.05, 0) is 86.1 Å². The highest BCUT2D eigenvalue weighted by atomic mass is 16.5. The highest BCUT2D eigenvalue weighted by Gasteiger charge is 2.63. The molecule has 13 aliphatic heterocycles. The molecule has 18 unspecified atom stereocenters. The quantitative estimate of drug-likeness (QED) is 0.270. The van der Waals surface area contributed by atoms with Gasteiger partial charge in [0.05, 0.1) is 83.6 Å². The first-order valence-electron chi connectivity index (χ1n) is 35.4. The van der Waals surface area contributed by atoms with Gasteiger partial charge in [0.2, 0.25) is 82.7 Å². The lowest BCUT2D eigenvalue weighted by Crippen LogP contribution is -2.36. The number of hydrogen-bond acceptors (Lipinski definition) is 20. The first-order valence-corrected chi connectivity index (χ1v) is 35.4. The van der Waals surface area contributed by atoms with Gasteiger partial charge >= 0.3 is 0 Å². The zero-order valence-corrected chi connectivity index (χ0v) is 59.6. The van der Waals surface area contributed by atoms with Crippen LogP contribution >= 0.6 is 0 Å². The zero-order chi connectivity index (χ0) is 75.8. The lowest BCUT2D eigenvalue weighted by atomic mass is 9.81. The van der Waals surface area contributed by atoms with Crippen molar-refractivity contribution in [2.24, 2.45) is 82.9 Å². The van der Waals surface area contributed by atoms with E-state index in [0.717, 1.165) is 52.7 Å². The Balaban J connectivity index is 0.000000112. The summed E-state index contributed by atoms with van der Waals surface area (Å²) >= 11 is 0. The van der Waals surface area contributed by atoms with Crippen molar-refractivity contribution in [2.45, 2.75) is 95.0 Å². The molecular weight excluding hydrogens is 1360 g/mol. The monoisotopic (exact) mass is 1440 g/mol. The number of nitrogens with zero attached hydrogens (tertiary/aromatic N) is 9. The van der Waals surface area contributed by atoms with E-state index in [1.54, 1.807) is 52.5 Å². The van der Waals surface area contributed by atoms with Gasteiger partial charge < -0.3 is 9.47 Å². The standard InChI is InChI=1S/C13H9NO2.C10H13NO2.C10H11NO2.C9H11NO3.C9H9NO3.C9H9NO2.C6H9NO2.C5H7NO2.C5H5NO2/c1-14-12(15)9-6-2-4-8-5-3-7-10(11(8)9)13(14)16;2*1-11-9(12)7-5-2-3-6(4-5)8(7)10(11)13;2*1-10-8(11)6-4-2-3-5(13-4)7(6)9(10)12;1-10-8(11)6-4-2-3-5-7(6)9(10)12;1-7-5(8)3-2-4-6(7)9;2*1-6-4(7)2-3-5(6)8/h2-7H,1H3;5-8H,2-4H2,1H3;2-3,5-8H,4H2,1H3;4-7H,2-3H2,1H3;2-7H,1H3;2-7H,1H3;2-4H2,1H3;2-3H2,1H3;2-3H,1H3. The van der Waals surface area contributed by atoms with E-state index in [9.17, 15) is 86.3 Å². The highest BCUT2D eigenvalue weighted by molar-refractivity contribution is 6.25. The van der Waals surface area contributed by atoms with Gasteiger partial charge in [-0.1, -0.05) is 72.9 Å². The third kappa shape index (κ3) is 13.1. The van der Waals surface area contributed by atoms with Crippen LogP contribution in [-0.4, -0.2) is 238 Å². The molecule has 5 aliphatic carbocycles. The first kappa shape index (κ1) is 74.3. The third-order valence-corrected chi connectivity index (χ3v) is 23.7. The molecule has 20 rings (SSSR count). The van der Waals surface area contributed by atoms with Crippen molar-refractivity contribution in [3.8, 4) is 0 Å². The summed E-state index contributed by atoms with van der Waals surface area (Å²) in [6.45, 7) is 0. The van der Waals surface area contributed by atoms with Crippen molar-refractivity contribution in [2.75, 3.05) is 63.4 Å². The summed E-state index contributed by atoms with van der Waals surface area (Å²) in [5, 5.41) is 1.71. The highest BCUT2D eigenvalue weighted by Crippen LogP contribution is 2.56. The van der Waals surface area contributed by atoms with Gasteiger partial charge in [-0.25, -0.2) is 0 Å². The van der Waals surface area contributed by atoms with E-state index in [1.165, 1.54) is 94.5 Å². The molecule has 13 heterocycles. The number of benzene rings is 2. The number of likely N-dealkylation sites (N-methyl/N-ethyl adjacent to an activating group) is 1. The van der Waals surface area contributed by atoms with Crippen LogP contribution in [0.4, 0.5) is 0 Å². The molecule has 3 saturated carbocycles. The molecule has 0 N–H and O–H groups in total. The minimum atomic E-state index is -0.243. The molecule has 2 aromatic carbocycles. The maximum atomic E-state index is 11.9. The number of hydrogen-bond donors (Lipinski definition) is 0.